The van der Waals surface area contributed by atoms with Gasteiger partial charge in [0, 0.05) is 6.04 Å². The van der Waals surface area contributed by atoms with Gasteiger partial charge in [0.25, 0.3) is 0 Å². The summed E-state index contributed by atoms with van der Waals surface area (Å²) in [6.45, 7) is 14.0. The van der Waals surface area contributed by atoms with Gasteiger partial charge in [0.15, 0.2) is 0 Å². The number of hydrogen-bond acceptors (Lipinski definition) is 1. The van der Waals surface area contributed by atoms with Crippen LogP contribution in [-0.4, -0.2) is 24.5 Å². The van der Waals surface area contributed by atoms with Gasteiger partial charge in [-0.15, -0.1) is 0 Å². The second kappa shape index (κ2) is 15.0. The van der Waals surface area contributed by atoms with Crippen molar-refractivity contribution < 1.29 is 0 Å². The predicted molar refractivity (Wildman–Crippen MR) is 86.3 cm³/mol. The van der Waals surface area contributed by atoms with Gasteiger partial charge >= 0.3 is 0 Å². The topological polar surface area (TPSA) is 3.24 Å². The third-order valence-corrected chi connectivity index (χ3v) is 3.64. The minimum Gasteiger partial charge on any atom is -0.304 e. The monoisotopic (exact) mass is 257 g/mol. The Morgan fingerprint density at radius 3 is 1.67 bits per heavy atom. The van der Waals surface area contributed by atoms with Crippen LogP contribution in [0, 0.1) is 5.92 Å². The van der Waals surface area contributed by atoms with Gasteiger partial charge in [-0.1, -0.05) is 60.8 Å². The molecule has 0 aromatic carbocycles. The first-order chi connectivity index (χ1) is 8.69. The molecule has 0 spiro atoms. The summed E-state index contributed by atoms with van der Waals surface area (Å²) in [6.07, 6.45) is 9.91. The minimum absolute atomic E-state index is 0.887. The highest BCUT2D eigenvalue weighted by molar-refractivity contribution is 4.77. The van der Waals surface area contributed by atoms with E-state index in [4.69, 9.17) is 0 Å². The van der Waals surface area contributed by atoms with Crippen LogP contribution >= 0.6 is 0 Å². The van der Waals surface area contributed by atoms with E-state index >= 15 is 0 Å². The normalized spacial score (nSPS) is 22.7. The predicted octanol–water partition coefficient (Wildman–Crippen LogP) is 5.74. The molecule has 1 rings (SSSR count). The Morgan fingerprint density at radius 1 is 0.889 bits per heavy atom. The van der Waals surface area contributed by atoms with Crippen LogP contribution in [0.1, 0.15) is 86.5 Å². The van der Waals surface area contributed by atoms with E-state index in [1.807, 2.05) is 13.8 Å². The van der Waals surface area contributed by atoms with Gasteiger partial charge in [0.05, 0.1) is 0 Å². The number of rotatable bonds is 4. The summed E-state index contributed by atoms with van der Waals surface area (Å²) in [5.41, 5.74) is 0. The van der Waals surface area contributed by atoms with Crippen molar-refractivity contribution in [3.8, 4) is 0 Å². The highest BCUT2D eigenvalue weighted by Gasteiger charge is 2.22. The van der Waals surface area contributed by atoms with Gasteiger partial charge in [-0.2, -0.15) is 0 Å². The van der Waals surface area contributed by atoms with Crippen LogP contribution in [-0.2, 0) is 0 Å². The molecule has 0 aromatic rings. The molecule has 0 saturated heterocycles. The van der Waals surface area contributed by atoms with E-state index in [1.165, 1.54) is 51.5 Å². The SMILES string of the molecule is CC.CCC.CCCC1CCC(N(C)CC)CC1. The Kier molecular flexibility index (Phi) is 16.9. The van der Waals surface area contributed by atoms with Crippen molar-refractivity contribution >= 4 is 0 Å². The summed E-state index contributed by atoms with van der Waals surface area (Å²) in [6, 6.07) is 0.887. The maximum atomic E-state index is 2.52. The van der Waals surface area contributed by atoms with Crippen LogP contribution in [0.3, 0.4) is 0 Å². The summed E-state index contributed by atoms with van der Waals surface area (Å²) in [4.78, 5) is 2.52. The van der Waals surface area contributed by atoms with Crippen LogP contribution in [0.4, 0.5) is 0 Å². The van der Waals surface area contributed by atoms with Gasteiger partial charge in [0.1, 0.15) is 0 Å². The number of hydrogen-bond donors (Lipinski definition) is 0. The maximum absolute atomic E-state index is 2.52. The molecule has 1 fully saturated rings. The summed E-state index contributed by atoms with van der Waals surface area (Å²) >= 11 is 0. The zero-order valence-corrected chi connectivity index (χ0v) is 14.3. The molecule has 0 aromatic heterocycles. The van der Waals surface area contributed by atoms with E-state index in [0.29, 0.717) is 0 Å². The summed E-state index contributed by atoms with van der Waals surface area (Å²) in [7, 11) is 2.27. The summed E-state index contributed by atoms with van der Waals surface area (Å²) in [5, 5.41) is 0. The molecule has 1 aliphatic rings. The van der Waals surface area contributed by atoms with Crippen LogP contribution in [0.5, 0.6) is 0 Å². The first-order valence-corrected chi connectivity index (χ1v) is 8.39. The second-order valence-corrected chi connectivity index (χ2v) is 5.24. The molecule has 0 bridgehead atoms. The fourth-order valence-electron chi connectivity index (χ4n) is 2.54. The average Bonchev–Trinajstić information content (AvgIpc) is 2.42. The minimum atomic E-state index is 0.887. The highest BCUT2D eigenvalue weighted by atomic mass is 15.1. The zero-order valence-electron chi connectivity index (χ0n) is 14.3. The van der Waals surface area contributed by atoms with Gasteiger partial charge in [-0.25, -0.2) is 0 Å². The number of nitrogens with zero attached hydrogens (tertiary/aromatic N) is 1. The Morgan fingerprint density at radius 2 is 1.33 bits per heavy atom. The van der Waals surface area contributed by atoms with Crippen molar-refractivity contribution in [1.82, 2.24) is 4.90 Å². The summed E-state index contributed by atoms with van der Waals surface area (Å²) in [5.74, 6) is 1.05. The van der Waals surface area contributed by atoms with Gasteiger partial charge < -0.3 is 4.90 Å². The molecule has 0 aliphatic heterocycles. The Hall–Kier alpha value is -0.0400. The van der Waals surface area contributed by atoms with Crippen molar-refractivity contribution in [2.24, 2.45) is 5.92 Å². The molecule has 0 atom stereocenters. The van der Waals surface area contributed by atoms with Crippen LogP contribution in [0.25, 0.3) is 0 Å². The van der Waals surface area contributed by atoms with E-state index in [9.17, 15) is 0 Å². The van der Waals surface area contributed by atoms with Crippen molar-refractivity contribution in [3.05, 3.63) is 0 Å². The molecule has 18 heavy (non-hydrogen) atoms. The highest BCUT2D eigenvalue weighted by Crippen LogP contribution is 2.29. The van der Waals surface area contributed by atoms with Gasteiger partial charge in [-0.05, 0) is 45.2 Å². The van der Waals surface area contributed by atoms with Crippen molar-refractivity contribution in [2.45, 2.75) is 92.5 Å². The third-order valence-electron chi connectivity index (χ3n) is 3.64. The standard InChI is InChI=1S/C12H25N.C3H8.C2H6/c1-4-6-11-7-9-12(10-8-11)13(3)5-2;1-3-2;1-2/h11-12H,4-10H2,1-3H3;3H2,1-2H3;1-2H3. The smallest absolute Gasteiger partial charge is 0.00923 e. The molecule has 1 saturated carbocycles. The fraction of sp³-hybridized carbons (Fsp3) is 1.00. The average molecular weight is 258 g/mol. The maximum Gasteiger partial charge on any atom is 0.00923 e. The Labute approximate surface area is 117 Å². The molecular weight excluding hydrogens is 218 g/mol. The molecule has 112 valence electrons. The van der Waals surface area contributed by atoms with E-state index in [2.05, 4.69) is 39.6 Å². The van der Waals surface area contributed by atoms with Crippen molar-refractivity contribution in [2.75, 3.05) is 13.6 Å². The Balaban J connectivity index is 0. The van der Waals surface area contributed by atoms with E-state index in [0.717, 1.165) is 12.0 Å². The zero-order chi connectivity index (χ0) is 14.4. The van der Waals surface area contributed by atoms with Crippen molar-refractivity contribution in [3.63, 3.8) is 0 Å². The lowest BCUT2D eigenvalue weighted by atomic mass is 9.83. The molecule has 1 nitrogen and oxygen atoms in total. The lowest BCUT2D eigenvalue weighted by Crippen LogP contribution is -2.34. The quantitative estimate of drug-likeness (QED) is 0.621. The molecule has 1 aliphatic carbocycles. The van der Waals surface area contributed by atoms with Gasteiger partial charge in [-0.3, -0.25) is 0 Å². The lowest BCUT2D eigenvalue weighted by Gasteiger charge is -2.34. The molecule has 0 N–H and O–H groups in total. The molecular formula is C17H39N. The van der Waals surface area contributed by atoms with Crippen molar-refractivity contribution in [1.29, 1.82) is 0 Å². The molecule has 0 radical (unpaired) electrons. The molecule has 0 heterocycles. The molecule has 0 unspecified atom stereocenters. The third kappa shape index (κ3) is 9.94. The summed E-state index contributed by atoms with van der Waals surface area (Å²) < 4.78 is 0. The lowest BCUT2D eigenvalue weighted by molar-refractivity contribution is 0.168. The van der Waals surface area contributed by atoms with Gasteiger partial charge in [0.2, 0.25) is 0 Å². The first-order valence-electron chi connectivity index (χ1n) is 8.39. The molecule has 1 heteroatoms. The van der Waals surface area contributed by atoms with E-state index in [-0.39, 0.29) is 0 Å². The molecule has 0 amide bonds. The van der Waals surface area contributed by atoms with Crippen LogP contribution in [0.2, 0.25) is 0 Å². The second-order valence-electron chi connectivity index (χ2n) is 5.24. The van der Waals surface area contributed by atoms with Crippen LogP contribution in [0.15, 0.2) is 0 Å². The Bertz CT molecular complexity index is 137. The largest absolute Gasteiger partial charge is 0.304 e. The van der Waals surface area contributed by atoms with Crippen LogP contribution < -0.4 is 0 Å². The first kappa shape index (κ1) is 20.3. The van der Waals surface area contributed by atoms with E-state index in [1.54, 1.807) is 0 Å². The van der Waals surface area contributed by atoms with E-state index < -0.39 is 0 Å². The fourth-order valence-corrected chi connectivity index (χ4v) is 2.54.